The maximum atomic E-state index is 4.99. The van der Waals surface area contributed by atoms with E-state index in [1.54, 1.807) is 17.2 Å². The van der Waals surface area contributed by atoms with Gasteiger partial charge in [0.05, 0.1) is 18.1 Å². The Bertz CT molecular complexity index is 1190. The van der Waals surface area contributed by atoms with Crippen LogP contribution in [0.15, 0.2) is 55.1 Å². The highest BCUT2D eigenvalue weighted by Crippen LogP contribution is 2.48. The van der Waals surface area contributed by atoms with Crippen LogP contribution < -0.4 is 4.90 Å². The molecule has 144 valence electrons. The Hall–Kier alpha value is -3.55. The van der Waals surface area contributed by atoms with Crippen LogP contribution in [0.1, 0.15) is 32.0 Å². The van der Waals surface area contributed by atoms with Crippen molar-refractivity contribution < 1.29 is 0 Å². The van der Waals surface area contributed by atoms with E-state index >= 15 is 0 Å². The van der Waals surface area contributed by atoms with Crippen molar-refractivity contribution in [3.8, 4) is 22.9 Å². The molecular formula is C21H20N8. The molecule has 1 saturated heterocycles. The lowest BCUT2D eigenvalue weighted by Crippen LogP contribution is -2.46. The van der Waals surface area contributed by atoms with Crippen LogP contribution in [0.5, 0.6) is 0 Å². The van der Waals surface area contributed by atoms with Gasteiger partial charge in [-0.3, -0.25) is 4.57 Å². The standard InChI is InChI=1S/C21H20N8/c1-2-21-10-6-12-28(21)18-17(27-14-23-26-19(21)27)13-22-20(25-18)29-16(9-11-24-29)15-7-4-3-5-8-15/h3-5,7-9,11,13-14H,2,6,10,12H2,1H3. The molecule has 0 saturated carbocycles. The van der Waals surface area contributed by atoms with Gasteiger partial charge in [-0.15, -0.1) is 10.2 Å². The zero-order valence-corrected chi connectivity index (χ0v) is 16.1. The van der Waals surface area contributed by atoms with E-state index in [9.17, 15) is 0 Å². The van der Waals surface area contributed by atoms with E-state index in [-0.39, 0.29) is 5.54 Å². The molecule has 1 fully saturated rings. The molecule has 0 spiro atoms. The van der Waals surface area contributed by atoms with E-state index in [1.165, 1.54) is 0 Å². The van der Waals surface area contributed by atoms with Gasteiger partial charge in [-0.25, -0.2) is 4.98 Å². The van der Waals surface area contributed by atoms with Gasteiger partial charge in [-0.05, 0) is 25.3 Å². The van der Waals surface area contributed by atoms with Gasteiger partial charge in [0.2, 0.25) is 0 Å². The van der Waals surface area contributed by atoms with Crippen LogP contribution in [0.3, 0.4) is 0 Å². The molecule has 1 atom stereocenters. The lowest BCUT2D eigenvalue weighted by atomic mass is 9.90. The van der Waals surface area contributed by atoms with Crippen LogP contribution in [0.25, 0.3) is 22.9 Å². The molecule has 2 aliphatic heterocycles. The fourth-order valence-corrected chi connectivity index (χ4v) is 4.79. The van der Waals surface area contributed by atoms with Gasteiger partial charge in [0, 0.05) is 12.1 Å². The Morgan fingerprint density at radius 3 is 2.90 bits per heavy atom. The number of hydrogen-bond acceptors (Lipinski definition) is 6. The number of fused-ring (bicyclic) bond motifs is 6. The summed E-state index contributed by atoms with van der Waals surface area (Å²) in [6.45, 7) is 3.17. The van der Waals surface area contributed by atoms with Gasteiger partial charge in [0.15, 0.2) is 11.6 Å². The lowest BCUT2D eigenvalue weighted by molar-refractivity contribution is 0.381. The van der Waals surface area contributed by atoms with Crippen LogP contribution in [-0.4, -0.2) is 41.1 Å². The lowest BCUT2D eigenvalue weighted by Gasteiger charge is -2.42. The highest BCUT2D eigenvalue weighted by Gasteiger charge is 2.49. The van der Waals surface area contributed by atoms with Crippen LogP contribution in [0.4, 0.5) is 5.82 Å². The van der Waals surface area contributed by atoms with Gasteiger partial charge < -0.3 is 4.90 Å². The molecule has 0 amide bonds. The first-order chi connectivity index (χ1) is 14.3. The van der Waals surface area contributed by atoms with Crippen molar-refractivity contribution in [2.24, 2.45) is 0 Å². The second kappa shape index (κ2) is 5.97. The predicted octanol–water partition coefficient (Wildman–Crippen LogP) is 3.13. The molecule has 0 N–H and O–H groups in total. The van der Waals surface area contributed by atoms with Crippen molar-refractivity contribution >= 4 is 5.82 Å². The maximum Gasteiger partial charge on any atom is 0.253 e. The minimum Gasteiger partial charge on any atom is -0.342 e. The third-order valence-corrected chi connectivity index (χ3v) is 6.19. The second-order valence-corrected chi connectivity index (χ2v) is 7.54. The average Bonchev–Trinajstić information content (AvgIpc) is 3.53. The largest absolute Gasteiger partial charge is 0.342 e. The van der Waals surface area contributed by atoms with E-state index in [0.717, 1.165) is 54.4 Å². The SMILES string of the molecule is CCC12CCCN1c1nc(-n3nccc3-c3ccccc3)ncc1-n1cnnc12. The molecule has 29 heavy (non-hydrogen) atoms. The smallest absolute Gasteiger partial charge is 0.253 e. The molecule has 6 rings (SSSR count). The van der Waals surface area contributed by atoms with Crippen molar-refractivity contribution in [3.05, 3.63) is 60.9 Å². The summed E-state index contributed by atoms with van der Waals surface area (Å²) in [5.41, 5.74) is 2.82. The summed E-state index contributed by atoms with van der Waals surface area (Å²) in [5.74, 6) is 2.49. The van der Waals surface area contributed by atoms with Crippen molar-refractivity contribution in [3.63, 3.8) is 0 Å². The Morgan fingerprint density at radius 1 is 1.14 bits per heavy atom. The number of nitrogens with zero attached hydrogens (tertiary/aromatic N) is 8. The number of benzene rings is 1. The summed E-state index contributed by atoms with van der Waals surface area (Å²) in [6, 6.07) is 12.2. The van der Waals surface area contributed by atoms with Crippen LogP contribution in [-0.2, 0) is 5.54 Å². The van der Waals surface area contributed by atoms with Crippen molar-refractivity contribution in [1.29, 1.82) is 0 Å². The zero-order chi connectivity index (χ0) is 19.4. The summed E-state index contributed by atoms with van der Waals surface area (Å²) in [5, 5.41) is 13.2. The monoisotopic (exact) mass is 384 g/mol. The molecule has 3 aromatic heterocycles. The predicted molar refractivity (Wildman–Crippen MR) is 108 cm³/mol. The fourth-order valence-electron chi connectivity index (χ4n) is 4.79. The van der Waals surface area contributed by atoms with Crippen molar-refractivity contribution in [1.82, 2.24) is 34.5 Å². The number of aromatic nitrogens is 7. The van der Waals surface area contributed by atoms with Gasteiger partial charge in [0.25, 0.3) is 5.95 Å². The Morgan fingerprint density at radius 2 is 2.03 bits per heavy atom. The van der Waals surface area contributed by atoms with Gasteiger partial charge in [-0.2, -0.15) is 14.8 Å². The van der Waals surface area contributed by atoms with Crippen LogP contribution in [0, 0.1) is 0 Å². The highest BCUT2D eigenvalue weighted by molar-refractivity contribution is 5.65. The molecule has 1 aromatic carbocycles. The Kier molecular flexibility index (Phi) is 3.38. The molecule has 8 heteroatoms. The van der Waals surface area contributed by atoms with Crippen LogP contribution >= 0.6 is 0 Å². The minimum absolute atomic E-state index is 0.151. The van der Waals surface area contributed by atoms with Gasteiger partial charge in [0.1, 0.15) is 17.6 Å². The van der Waals surface area contributed by atoms with Crippen molar-refractivity contribution in [2.45, 2.75) is 31.7 Å². The van der Waals surface area contributed by atoms with E-state index in [0.29, 0.717) is 5.95 Å². The molecule has 8 nitrogen and oxygen atoms in total. The molecule has 0 radical (unpaired) electrons. The number of hydrogen-bond donors (Lipinski definition) is 0. The molecule has 4 aromatic rings. The number of anilines is 1. The van der Waals surface area contributed by atoms with E-state index < -0.39 is 0 Å². The summed E-state index contributed by atoms with van der Waals surface area (Å²) in [7, 11) is 0. The van der Waals surface area contributed by atoms with Gasteiger partial charge >= 0.3 is 0 Å². The first-order valence-corrected chi connectivity index (χ1v) is 9.97. The van der Waals surface area contributed by atoms with E-state index in [4.69, 9.17) is 4.98 Å². The van der Waals surface area contributed by atoms with Crippen LogP contribution in [0.2, 0.25) is 0 Å². The molecule has 0 bridgehead atoms. The van der Waals surface area contributed by atoms with E-state index in [1.807, 2.05) is 35.0 Å². The first-order valence-electron chi connectivity index (χ1n) is 9.97. The number of rotatable bonds is 3. The van der Waals surface area contributed by atoms with Gasteiger partial charge in [-0.1, -0.05) is 37.3 Å². The fraction of sp³-hybridized carbons (Fsp3) is 0.286. The summed E-state index contributed by atoms with van der Waals surface area (Å²) < 4.78 is 3.85. The summed E-state index contributed by atoms with van der Waals surface area (Å²) in [6.07, 6.45) is 8.54. The minimum atomic E-state index is -0.151. The third-order valence-electron chi connectivity index (χ3n) is 6.19. The zero-order valence-electron chi connectivity index (χ0n) is 16.1. The first kappa shape index (κ1) is 16.4. The highest BCUT2D eigenvalue weighted by atomic mass is 15.4. The third kappa shape index (κ3) is 2.16. The topological polar surface area (TPSA) is 77.5 Å². The molecule has 1 unspecified atom stereocenters. The second-order valence-electron chi connectivity index (χ2n) is 7.54. The Balaban J connectivity index is 1.54. The average molecular weight is 384 g/mol. The Labute approximate surface area is 167 Å². The van der Waals surface area contributed by atoms with Crippen molar-refractivity contribution in [2.75, 3.05) is 11.4 Å². The quantitative estimate of drug-likeness (QED) is 0.540. The van der Waals surface area contributed by atoms with E-state index in [2.05, 4.69) is 44.2 Å². The summed E-state index contributed by atoms with van der Waals surface area (Å²) >= 11 is 0. The normalized spacial score (nSPS) is 19.7. The maximum absolute atomic E-state index is 4.99. The molecule has 2 aliphatic rings. The molecule has 5 heterocycles. The molecule has 0 aliphatic carbocycles. The molecular weight excluding hydrogens is 364 g/mol. The summed E-state index contributed by atoms with van der Waals surface area (Å²) in [4.78, 5) is 12.0.